The molecule has 2 aromatic rings. The van der Waals surface area contributed by atoms with E-state index in [9.17, 15) is 19.5 Å². The quantitative estimate of drug-likeness (QED) is 0.274. The zero-order chi connectivity index (χ0) is 24.1. The van der Waals surface area contributed by atoms with Crippen molar-refractivity contribution in [2.75, 3.05) is 0 Å². The van der Waals surface area contributed by atoms with Crippen LogP contribution in [0, 0.1) is 0 Å². The van der Waals surface area contributed by atoms with Crippen LogP contribution in [-0.2, 0) is 20.8 Å². The first-order valence-electron chi connectivity index (χ1n) is 12.3. The number of aromatic nitrogens is 1. The number of hydrogen-bond donors (Lipinski definition) is 4. The summed E-state index contributed by atoms with van der Waals surface area (Å²) in [5, 5.41) is 15.8. The van der Waals surface area contributed by atoms with E-state index in [2.05, 4.69) is 22.5 Å². The molecule has 0 aliphatic heterocycles. The van der Waals surface area contributed by atoms with E-state index < -0.39 is 24.0 Å². The van der Waals surface area contributed by atoms with E-state index in [0.717, 1.165) is 35.7 Å². The number of amides is 2. The summed E-state index contributed by atoms with van der Waals surface area (Å²) in [5.41, 5.74) is 1.74. The number of nitrogens with one attached hydrogen (secondary N) is 3. The molecule has 1 heterocycles. The van der Waals surface area contributed by atoms with Crippen LogP contribution in [0.1, 0.15) is 83.6 Å². The molecule has 2 rings (SSSR count). The molecule has 0 aliphatic carbocycles. The van der Waals surface area contributed by atoms with E-state index in [1.807, 2.05) is 24.3 Å². The van der Waals surface area contributed by atoms with Crippen molar-refractivity contribution in [1.29, 1.82) is 0 Å². The van der Waals surface area contributed by atoms with Gasteiger partial charge < -0.3 is 20.7 Å². The number of carboxylic acid groups (broad SMARTS) is 1. The van der Waals surface area contributed by atoms with Crippen LogP contribution >= 0.6 is 0 Å². The summed E-state index contributed by atoms with van der Waals surface area (Å²) in [6, 6.07) is 5.75. The second kappa shape index (κ2) is 14.3. The van der Waals surface area contributed by atoms with Crippen molar-refractivity contribution in [2.24, 2.45) is 0 Å². The maximum absolute atomic E-state index is 12.5. The average Bonchev–Trinajstić information content (AvgIpc) is 3.20. The van der Waals surface area contributed by atoms with Crippen LogP contribution in [0.4, 0.5) is 0 Å². The van der Waals surface area contributed by atoms with E-state index in [1.165, 1.54) is 38.5 Å². The lowest BCUT2D eigenvalue weighted by Crippen LogP contribution is -2.51. The number of aromatic amines is 1. The van der Waals surface area contributed by atoms with Gasteiger partial charge in [-0.2, -0.15) is 0 Å². The van der Waals surface area contributed by atoms with Crippen molar-refractivity contribution in [2.45, 2.75) is 96.6 Å². The highest BCUT2D eigenvalue weighted by atomic mass is 16.4. The SMILES string of the molecule is CCCCCCCCCCCC(=O)N[C@@H](C)C(=O)N[C@@H](Cc1c[nH]c2ccccc12)C(=O)O. The standard InChI is InChI=1S/C26H39N3O4/c1-3-4-5-6-7-8-9-10-11-16-24(30)28-19(2)25(31)29-23(26(32)33)17-20-18-27-22-15-13-12-14-21(20)22/h12-15,18-19,23,27H,3-11,16-17H2,1-2H3,(H,28,30)(H,29,31)(H,32,33)/t19-,23-/m0/s1. The molecule has 33 heavy (non-hydrogen) atoms. The number of carbonyl (C=O) groups is 3. The number of carbonyl (C=O) groups excluding carboxylic acids is 2. The van der Waals surface area contributed by atoms with Crippen LogP contribution in [0.3, 0.4) is 0 Å². The third-order valence-corrected chi connectivity index (χ3v) is 5.99. The third kappa shape index (κ3) is 9.28. The van der Waals surface area contributed by atoms with Crippen LogP contribution in [-0.4, -0.2) is 40.0 Å². The number of benzene rings is 1. The first-order chi connectivity index (χ1) is 15.9. The fourth-order valence-electron chi connectivity index (χ4n) is 3.99. The predicted molar refractivity (Wildman–Crippen MR) is 131 cm³/mol. The van der Waals surface area contributed by atoms with Crippen molar-refractivity contribution in [1.82, 2.24) is 15.6 Å². The molecule has 0 bridgehead atoms. The van der Waals surface area contributed by atoms with Gasteiger partial charge in [-0.05, 0) is 25.0 Å². The Balaban J connectivity index is 1.70. The minimum atomic E-state index is -1.11. The molecule has 4 N–H and O–H groups in total. The minimum Gasteiger partial charge on any atom is -0.480 e. The number of carboxylic acids is 1. The zero-order valence-electron chi connectivity index (χ0n) is 20.0. The highest BCUT2D eigenvalue weighted by Gasteiger charge is 2.25. The van der Waals surface area contributed by atoms with Gasteiger partial charge in [0, 0.05) is 29.9 Å². The Bertz CT molecular complexity index is 893. The van der Waals surface area contributed by atoms with E-state index in [-0.39, 0.29) is 12.3 Å². The topological polar surface area (TPSA) is 111 Å². The molecular weight excluding hydrogens is 418 g/mol. The third-order valence-electron chi connectivity index (χ3n) is 5.99. The van der Waals surface area contributed by atoms with Gasteiger partial charge in [0.1, 0.15) is 12.1 Å². The van der Waals surface area contributed by atoms with Gasteiger partial charge in [-0.1, -0.05) is 76.5 Å². The van der Waals surface area contributed by atoms with Gasteiger partial charge in [0.2, 0.25) is 11.8 Å². The fraction of sp³-hybridized carbons (Fsp3) is 0.577. The Morgan fingerprint density at radius 3 is 2.24 bits per heavy atom. The van der Waals surface area contributed by atoms with Crippen LogP contribution < -0.4 is 10.6 Å². The van der Waals surface area contributed by atoms with Gasteiger partial charge in [-0.25, -0.2) is 4.79 Å². The summed E-state index contributed by atoms with van der Waals surface area (Å²) < 4.78 is 0. The number of H-pyrrole nitrogens is 1. The lowest BCUT2D eigenvalue weighted by Gasteiger charge is -2.18. The number of rotatable bonds is 16. The smallest absolute Gasteiger partial charge is 0.326 e. The van der Waals surface area contributed by atoms with Crippen LogP contribution in [0.5, 0.6) is 0 Å². The van der Waals surface area contributed by atoms with Crippen molar-refractivity contribution in [3.8, 4) is 0 Å². The molecule has 0 fully saturated rings. The Hall–Kier alpha value is -2.83. The molecule has 0 spiro atoms. The summed E-state index contributed by atoms with van der Waals surface area (Å²) in [6.07, 6.45) is 12.9. The van der Waals surface area contributed by atoms with Gasteiger partial charge in [0.15, 0.2) is 0 Å². The summed E-state index contributed by atoms with van der Waals surface area (Å²) in [4.78, 5) is 39.5. The first-order valence-corrected chi connectivity index (χ1v) is 12.3. The summed E-state index contributed by atoms with van der Waals surface area (Å²) in [7, 11) is 0. The van der Waals surface area contributed by atoms with Crippen molar-refractivity contribution in [3.05, 3.63) is 36.0 Å². The number of unbranched alkanes of at least 4 members (excludes halogenated alkanes) is 8. The Kier molecular flexibility index (Phi) is 11.5. The number of fused-ring (bicyclic) bond motifs is 1. The monoisotopic (exact) mass is 457 g/mol. The van der Waals surface area contributed by atoms with Crippen LogP contribution in [0.15, 0.2) is 30.5 Å². The highest BCUT2D eigenvalue weighted by Crippen LogP contribution is 2.19. The van der Waals surface area contributed by atoms with Crippen molar-refractivity contribution >= 4 is 28.7 Å². The number of hydrogen-bond acceptors (Lipinski definition) is 3. The molecule has 1 aromatic carbocycles. The molecule has 0 radical (unpaired) electrons. The summed E-state index contributed by atoms with van der Waals surface area (Å²) in [5.74, 6) is -1.78. The van der Waals surface area contributed by atoms with Crippen molar-refractivity contribution in [3.63, 3.8) is 0 Å². The largest absolute Gasteiger partial charge is 0.480 e. The average molecular weight is 458 g/mol. The molecule has 2 atom stereocenters. The summed E-state index contributed by atoms with van der Waals surface area (Å²) in [6.45, 7) is 3.79. The second-order valence-electron chi connectivity index (χ2n) is 8.83. The van der Waals surface area contributed by atoms with E-state index >= 15 is 0 Å². The molecule has 0 saturated carbocycles. The van der Waals surface area contributed by atoms with Gasteiger partial charge in [0.25, 0.3) is 0 Å². The highest BCUT2D eigenvalue weighted by molar-refractivity contribution is 5.91. The molecule has 1 aromatic heterocycles. The second-order valence-corrected chi connectivity index (χ2v) is 8.83. The number of aliphatic carboxylic acids is 1. The molecule has 7 heteroatoms. The maximum atomic E-state index is 12.5. The Morgan fingerprint density at radius 1 is 0.939 bits per heavy atom. The molecule has 182 valence electrons. The van der Waals surface area contributed by atoms with Gasteiger partial charge in [0.05, 0.1) is 0 Å². The Labute approximate surface area is 196 Å². The minimum absolute atomic E-state index is 0.157. The number of para-hydroxylation sites is 1. The van der Waals surface area contributed by atoms with Gasteiger partial charge in [-0.15, -0.1) is 0 Å². The van der Waals surface area contributed by atoms with Gasteiger partial charge in [-0.3, -0.25) is 9.59 Å². The molecule has 0 aliphatic rings. The molecule has 7 nitrogen and oxygen atoms in total. The van der Waals surface area contributed by atoms with E-state index in [0.29, 0.717) is 6.42 Å². The van der Waals surface area contributed by atoms with Crippen molar-refractivity contribution < 1.29 is 19.5 Å². The molecular formula is C26H39N3O4. The lowest BCUT2D eigenvalue weighted by molar-refractivity contribution is -0.142. The Morgan fingerprint density at radius 2 is 1.58 bits per heavy atom. The normalized spacial score (nSPS) is 12.9. The predicted octanol–water partition coefficient (Wildman–Crippen LogP) is 4.71. The van der Waals surface area contributed by atoms with Gasteiger partial charge >= 0.3 is 5.97 Å². The molecule has 0 saturated heterocycles. The molecule has 0 unspecified atom stereocenters. The summed E-state index contributed by atoms with van der Waals surface area (Å²) >= 11 is 0. The van der Waals surface area contributed by atoms with Crippen LogP contribution in [0.25, 0.3) is 10.9 Å². The fourth-order valence-corrected chi connectivity index (χ4v) is 3.99. The van der Waals surface area contributed by atoms with Crippen LogP contribution in [0.2, 0.25) is 0 Å². The zero-order valence-corrected chi connectivity index (χ0v) is 20.0. The molecule has 2 amide bonds. The first kappa shape index (κ1) is 26.4. The maximum Gasteiger partial charge on any atom is 0.326 e. The lowest BCUT2D eigenvalue weighted by atomic mass is 10.0. The van der Waals surface area contributed by atoms with E-state index in [1.54, 1.807) is 13.1 Å². The van der Waals surface area contributed by atoms with E-state index in [4.69, 9.17) is 0 Å².